The van der Waals surface area contributed by atoms with Gasteiger partial charge >= 0.3 is 0 Å². The number of nitrogens with one attached hydrogen (secondary N) is 1. The van der Waals surface area contributed by atoms with Gasteiger partial charge in [-0.3, -0.25) is 14.5 Å². The summed E-state index contributed by atoms with van der Waals surface area (Å²) in [7, 11) is 0. The third-order valence-corrected chi connectivity index (χ3v) is 3.42. The zero-order valence-electron chi connectivity index (χ0n) is 12.4. The zero-order chi connectivity index (χ0) is 16.4. The molecule has 0 bridgehead atoms. The molecule has 1 atom stereocenters. The first-order chi connectivity index (χ1) is 11.1. The highest BCUT2D eigenvalue weighted by molar-refractivity contribution is 6.06. The van der Waals surface area contributed by atoms with E-state index in [0.717, 1.165) is 0 Å². The number of aromatic hydroxyl groups is 1. The van der Waals surface area contributed by atoms with Crippen LogP contribution in [-0.4, -0.2) is 34.6 Å². The lowest BCUT2D eigenvalue weighted by Crippen LogP contribution is -2.47. The number of ether oxygens (including phenoxy) is 1. The fourth-order valence-electron chi connectivity index (χ4n) is 2.33. The van der Waals surface area contributed by atoms with Crippen molar-refractivity contribution < 1.29 is 19.4 Å². The molecule has 1 aromatic carbocycles. The maximum absolute atomic E-state index is 12.3. The van der Waals surface area contributed by atoms with Crippen LogP contribution in [0.5, 0.6) is 11.5 Å². The minimum absolute atomic E-state index is 0.0551. The Bertz CT molecular complexity index is 762. The van der Waals surface area contributed by atoms with Crippen molar-refractivity contribution >= 4 is 23.3 Å². The lowest BCUT2D eigenvalue weighted by atomic mass is 10.2. The van der Waals surface area contributed by atoms with Crippen LogP contribution in [0.3, 0.4) is 0 Å². The van der Waals surface area contributed by atoms with Crippen LogP contribution in [0, 0.1) is 0 Å². The van der Waals surface area contributed by atoms with Crippen molar-refractivity contribution in [3.05, 3.63) is 42.6 Å². The normalized spacial score (nSPS) is 16.5. The van der Waals surface area contributed by atoms with Gasteiger partial charge in [-0.2, -0.15) is 0 Å². The fourth-order valence-corrected chi connectivity index (χ4v) is 2.33. The second kappa shape index (κ2) is 5.96. The predicted molar refractivity (Wildman–Crippen MR) is 83.4 cm³/mol. The number of fused-ring (bicyclic) bond motifs is 1. The molecule has 1 aliphatic heterocycles. The van der Waals surface area contributed by atoms with E-state index in [0.29, 0.717) is 11.4 Å². The van der Waals surface area contributed by atoms with Crippen LogP contribution in [0.4, 0.5) is 11.5 Å². The Morgan fingerprint density at radius 2 is 2.13 bits per heavy atom. The number of para-hydroxylation sites is 2. The average Bonchev–Trinajstić information content (AvgIpc) is 2.54. The molecule has 7 nitrogen and oxygen atoms in total. The number of pyridine rings is 1. The number of nitrogens with zero attached hydrogens (tertiary/aromatic N) is 2. The second-order valence-corrected chi connectivity index (χ2v) is 5.07. The number of aromatic nitrogens is 1. The van der Waals surface area contributed by atoms with Crippen molar-refractivity contribution in [2.45, 2.75) is 13.0 Å². The van der Waals surface area contributed by atoms with E-state index >= 15 is 0 Å². The Balaban J connectivity index is 1.80. The molecule has 0 aliphatic carbocycles. The molecule has 0 saturated carbocycles. The topological polar surface area (TPSA) is 91.8 Å². The highest BCUT2D eigenvalue weighted by Crippen LogP contribution is 2.33. The Morgan fingerprint density at radius 1 is 1.35 bits per heavy atom. The summed E-state index contributed by atoms with van der Waals surface area (Å²) in [6, 6.07) is 9.99. The van der Waals surface area contributed by atoms with Gasteiger partial charge in [0.1, 0.15) is 12.3 Å². The zero-order valence-corrected chi connectivity index (χ0v) is 12.4. The van der Waals surface area contributed by atoms with E-state index in [1.54, 1.807) is 37.3 Å². The number of amides is 2. The summed E-state index contributed by atoms with van der Waals surface area (Å²) in [5, 5.41) is 12.1. The molecule has 1 unspecified atom stereocenters. The molecule has 7 heteroatoms. The lowest BCUT2D eigenvalue weighted by Gasteiger charge is -2.32. The van der Waals surface area contributed by atoms with Crippen LogP contribution < -0.4 is 15.0 Å². The predicted octanol–water partition coefficient (Wildman–Crippen LogP) is 1.54. The van der Waals surface area contributed by atoms with Crippen LogP contribution in [0.1, 0.15) is 6.92 Å². The summed E-state index contributed by atoms with van der Waals surface area (Å²) in [4.78, 5) is 29.7. The molecule has 0 saturated heterocycles. The SMILES string of the molecule is CC1Oc2ccccc2N(CC(=O)Nc2ncccc2O)C1=O. The van der Waals surface area contributed by atoms with Crippen LogP contribution >= 0.6 is 0 Å². The molecule has 1 aliphatic rings. The Hall–Kier alpha value is -3.09. The largest absolute Gasteiger partial charge is 0.504 e. The number of carbonyl (C=O) groups excluding carboxylic acids is 2. The first-order valence-electron chi connectivity index (χ1n) is 7.07. The third kappa shape index (κ3) is 2.94. The first kappa shape index (κ1) is 14.8. The smallest absolute Gasteiger partial charge is 0.268 e. The standard InChI is InChI=1S/C16H15N3O4/c1-10-16(22)19(11-5-2-3-7-13(11)23-10)9-14(21)18-15-12(20)6-4-8-17-15/h2-8,10,20H,9H2,1H3,(H,17,18,21). The highest BCUT2D eigenvalue weighted by atomic mass is 16.5. The van der Waals surface area contributed by atoms with Crippen molar-refractivity contribution in [3.8, 4) is 11.5 Å². The number of hydrogen-bond donors (Lipinski definition) is 2. The van der Waals surface area contributed by atoms with Gasteiger partial charge in [-0.15, -0.1) is 0 Å². The maximum atomic E-state index is 12.3. The third-order valence-electron chi connectivity index (χ3n) is 3.42. The average molecular weight is 313 g/mol. The van der Waals surface area contributed by atoms with Crippen LogP contribution in [0.2, 0.25) is 0 Å². The van der Waals surface area contributed by atoms with Gasteiger partial charge in [0, 0.05) is 6.20 Å². The summed E-state index contributed by atoms with van der Waals surface area (Å²) in [6.07, 6.45) is 0.785. The van der Waals surface area contributed by atoms with Gasteiger partial charge in [0.05, 0.1) is 5.69 Å². The van der Waals surface area contributed by atoms with Crippen LogP contribution in [0.15, 0.2) is 42.6 Å². The molecular weight excluding hydrogens is 298 g/mol. The summed E-state index contributed by atoms with van der Waals surface area (Å²) < 4.78 is 5.52. The van der Waals surface area contributed by atoms with Gasteiger partial charge in [-0.05, 0) is 31.2 Å². The summed E-state index contributed by atoms with van der Waals surface area (Å²) in [5.41, 5.74) is 0.538. The van der Waals surface area contributed by atoms with Gasteiger partial charge in [0.25, 0.3) is 5.91 Å². The molecule has 23 heavy (non-hydrogen) atoms. The molecule has 0 fully saturated rings. The quantitative estimate of drug-likeness (QED) is 0.897. The van der Waals surface area contributed by atoms with Crippen molar-refractivity contribution in [3.63, 3.8) is 0 Å². The molecule has 0 spiro atoms. The number of anilines is 2. The molecule has 3 rings (SSSR count). The molecular formula is C16H15N3O4. The first-order valence-corrected chi connectivity index (χ1v) is 7.07. The number of rotatable bonds is 3. The Labute approximate surface area is 132 Å². The summed E-state index contributed by atoms with van der Waals surface area (Å²) in [5.74, 6) is -0.295. The molecule has 2 heterocycles. The number of benzene rings is 1. The molecule has 2 amide bonds. The van der Waals surface area contributed by atoms with E-state index in [1.165, 1.54) is 17.2 Å². The molecule has 2 N–H and O–H groups in total. The van der Waals surface area contributed by atoms with Crippen molar-refractivity contribution in [1.82, 2.24) is 4.98 Å². The van der Waals surface area contributed by atoms with Crippen molar-refractivity contribution in [1.29, 1.82) is 0 Å². The van der Waals surface area contributed by atoms with E-state index in [9.17, 15) is 14.7 Å². The van der Waals surface area contributed by atoms with E-state index in [-0.39, 0.29) is 24.0 Å². The van der Waals surface area contributed by atoms with Gasteiger partial charge in [-0.1, -0.05) is 12.1 Å². The minimum atomic E-state index is -0.666. The van der Waals surface area contributed by atoms with Gasteiger partial charge in [0.15, 0.2) is 17.7 Å². The van der Waals surface area contributed by atoms with Crippen LogP contribution in [0.25, 0.3) is 0 Å². The van der Waals surface area contributed by atoms with Gasteiger partial charge in [0.2, 0.25) is 5.91 Å². The van der Waals surface area contributed by atoms with Crippen LogP contribution in [-0.2, 0) is 9.59 Å². The Kier molecular flexibility index (Phi) is 3.84. The Morgan fingerprint density at radius 3 is 2.91 bits per heavy atom. The molecule has 118 valence electrons. The number of hydrogen-bond acceptors (Lipinski definition) is 5. The summed E-state index contributed by atoms with van der Waals surface area (Å²) in [6.45, 7) is 1.44. The summed E-state index contributed by atoms with van der Waals surface area (Å²) >= 11 is 0. The highest BCUT2D eigenvalue weighted by Gasteiger charge is 2.32. The molecule has 0 radical (unpaired) electrons. The maximum Gasteiger partial charge on any atom is 0.268 e. The van der Waals surface area contributed by atoms with Crippen molar-refractivity contribution in [2.75, 3.05) is 16.8 Å². The minimum Gasteiger partial charge on any atom is -0.504 e. The second-order valence-electron chi connectivity index (χ2n) is 5.07. The lowest BCUT2D eigenvalue weighted by molar-refractivity contribution is -0.127. The van der Waals surface area contributed by atoms with E-state index < -0.39 is 12.0 Å². The van der Waals surface area contributed by atoms with E-state index in [4.69, 9.17) is 4.74 Å². The van der Waals surface area contributed by atoms with E-state index in [2.05, 4.69) is 10.3 Å². The van der Waals surface area contributed by atoms with Gasteiger partial charge < -0.3 is 15.2 Å². The van der Waals surface area contributed by atoms with Crippen molar-refractivity contribution in [2.24, 2.45) is 0 Å². The fraction of sp³-hybridized carbons (Fsp3) is 0.188. The van der Waals surface area contributed by atoms with E-state index in [1.807, 2.05) is 0 Å². The number of carbonyl (C=O) groups is 2. The monoisotopic (exact) mass is 313 g/mol. The molecule has 2 aromatic rings. The van der Waals surface area contributed by atoms with Gasteiger partial charge in [-0.25, -0.2) is 4.98 Å². The molecule has 1 aromatic heterocycles.